The zero-order valence-electron chi connectivity index (χ0n) is 16.6. The Kier molecular flexibility index (Phi) is 8.03. The molecule has 0 bridgehead atoms. The van der Waals surface area contributed by atoms with E-state index in [9.17, 15) is 9.18 Å². The smallest absolute Gasteiger partial charge is 0.274 e. The molecular weight excluding hydrogens is 487 g/mol. The number of hydrazone groups is 1. The minimum Gasteiger partial charge on any atom is -0.490 e. The predicted octanol–water partition coefficient (Wildman–Crippen LogP) is 5.98. The molecule has 3 aromatic carbocycles. The minimum absolute atomic E-state index is 0.0861. The highest BCUT2D eigenvalue weighted by Crippen LogP contribution is 2.34. The maximum absolute atomic E-state index is 13.7. The molecule has 1 amide bonds. The van der Waals surface area contributed by atoms with Crippen LogP contribution in [0.4, 0.5) is 4.39 Å². The number of nitrogens with one attached hydrogen (secondary N) is 1. The van der Waals surface area contributed by atoms with Crippen LogP contribution >= 0.6 is 27.5 Å². The third kappa shape index (κ3) is 6.06. The Balaban J connectivity index is 1.74. The fourth-order valence-corrected chi connectivity index (χ4v) is 3.28. The van der Waals surface area contributed by atoms with Crippen molar-refractivity contribution in [2.75, 3.05) is 6.61 Å². The van der Waals surface area contributed by atoms with E-state index in [1.165, 1.54) is 24.4 Å². The number of benzene rings is 3. The van der Waals surface area contributed by atoms with E-state index < -0.39 is 11.7 Å². The molecule has 0 aromatic heterocycles. The molecule has 0 aliphatic carbocycles. The predicted molar refractivity (Wildman–Crippen MR) is 123 cm³/mol. The summed E-state index contributed by atoms with van der Waals surface area (Å²) in [6, 6.07) is 16.6. The lowest BCUT2D eigenvalue weighted by Crippen LogP contribution is -2.19. The lowest BCUT2D eigenvalue weighted by atomic mass is 10.2. The van der Waals surface area contributed by atoms with E-state index in [1.54, 1.807) is 24.3 Å². The van der Waals surface area contributed by atoms with E-state index in [2.05, 4.69) is 26.5 Å². The van der Waals surface area contributed by atoms with E-state index in [1.807, 2.05) is 25.1 Å². The van der Waals surface area contributed by atoms with Gasteiger partial charge in [-0.3, -0.25) is 4.79 Å². The summed E-state index contributed by atoms with van der Waals surface area (Å²) in [6.45, 7) is 2.57. The lowest BCUT2D eigenvalue weighted by molar-refractivity contribution is 0.0951. The van der Waals surface area contributed by atoms with E-state index >= 15 is 0 Å². The average molecular weight is 506 g/mol. The summed E-state index contributed by atoms with van der Waals surface area (Å²) < 4.78 is 26.0. The van der Waals surface area contributed by atoms with Crippen molar-refractivity contribution >= 4 is 39.7 Å². The topological polar surface area (TPSA) is 59.9 Å². The monoisotopic (exact) mass is 504 g/mol. The number of halogens is 3. The molecule has 160 valence electrons. The molecule has 0 saturated heterocycles. The van der Waals surface area contributed by atoms with E-state index in [0.717, 1.165) is 5.56 Å². The van der Waals surface area contributed by atoms with Crippen LogP contribution in [0.25, 0.3) is 0 Å². The number of carbonyl (C=O) groups is 1. The van der Waals surface area contributed by atoms with Gasteiger partial charge in [0.25, 0.3) is 5.91 Å². The molecule has 31 heavy (non-hydrogen) atoms. The van der Waals surface area contributed by atoms with Crippen LogP contribution in [0.5, 0.6) is 11.5 Å². The molecule has 0 unspecified atom stereocenters. The lowest BCUT2D eigenvalue weighted by Gasteiger charge is -2.14. The molecule has 0 spiro atoms. The molecule has 0 fully saturated rings. The third-order valence-electron chi connectivity index (χ3n) is 4.19. The zero-order valence-corrected chi connectivity index (χ0v) is 18.9. The fourth-order valence-electron chi connectivity index (χ4n) is 2.67. The van der Waals surface area contributed by atoms with Gasteiger partial charge in [0.1, 0.15) is 12.4 Å². The van der Waals surface area contributed by atoms with Gasteiger partial charge in [-0.2, -0.15) is 5.10 Å². The zero-order chi connectivity index (χ0) is 22.2. The van der Waals surface area contributed by atoms with Crippen molar-refractivity contribution < 1.29 is 18.7 Å². The van der Waals surface area contributed by atoms with Crippen LogP contribution in [-0.2, 0) is 6.61 Å². The third-order valence-corrected chi connectivity index (χ3v) is 5.25. The maximum atomic E-state index is 13.7. The Morgan fingerprint density at radius 2 is 1.84 bits per heavy atom. The molecule has 0 aliphatic rings. The maximum Gasteiger partial charge on any atom is 0.274 e. The first-order chi connectivity index (χ1) is 15.0. The SMILES string of the molecule is CCOc1cc(/C=N\NC(=O)c2ccccc2F)c(Br)cc1OCc1ccccc1Cl. The van der Waals surface area contributed by atoms with Gasteiger partial charge in [0.05, 0.1) is 18.4 Å². The van der Waals surface area contributed by atoms with Gasteiger partial charge in [0.2, 0.25) is 0 Å². The van der Waals surface area contributed by atoms with Gasteiger partial charge in [-0.25, -0.2) is 9.82 Å². The summed E-state index contributed by atoms with van der Waals surface area (Å²) in [5, 5.41) is 4.54. The van der Waals surface area contributed by atoms with Gasteiger partial charge in [-0.15, -0.1) is 0 Å². The largest absolute Gasteiger partial charge is 0.490 e. The number of hydrogen-bond donors (Lipinski definition) is 1. The number of carbonyl (C=O) groups excluding carboxylic acids is 1. The van der Waals surface area contributed by atoms with Crippen LogP contribution < -0.4 is 14.9 Å². The Morgan fingerprint density at radius 3 is 2.58 bits per heavy atom. The molecule has 0 saturated carbocycles. The summed E-state index contributed by atoms with van der Waals surface area (Å²) in [4.78, 5) is 12.1. The highest BCUT2D eigenvalue weighted by molar-refractivity contribution is 9.10. The Labute approximate surface area is 193 Å². The van der Waals surface area contributed by atoms with Gasteiger partial charge >= 0.3 is 0 Å². The first kappa shape index (κ1) is 22.8. The van der Waals surface area contributed by atoms with Gasteiger partial charge in [0, 0.05) is 20.6 Å². The second-order valence-electron chi connectivity index (χ2n) is 6.31. The standard InChI is InChI=1S/C23H19BrClFN2O3/c1-2-30-21-11-16(13-27-28-23(29)17-8-4-6-10-20(17)26)18(24)12-22(21)31-14-15-7-3-5-9-19(15)25/h3-13H,2,14H2,1H3,(H,28,29)/b27-13-. The van der Waals surface area contributed by atoms with E-state index in [0.29, 0.717) is 33.2 Å². The van der Waals surface area contributed by atoms with Crippen molar-refractivity contribution in [2.24, 2.45) is 5.10 Å². The molecule has 5 nitrogen and oxygen atoms in total. The van der Waals surface area contributed by atoms with Crippen molar-refractivity contribution in [3.63, 3.8) is 0 Å². The molecular formula is C23H19BrClFN2O3. The molecule has 1 N–H and O–H groups in total. The van der Waals surface area contributed by atoms with Crippen LogP contribution in [0.2, 0.25) is 5.02 Å². The van der Waals surface area contributed by atoms with Gasteiger partial charge in [0.15, 0.2) is 11.5 Å². The Morgan fingerprint density at radius 1 is 1.13 bits per heavy atom. The highest BCUT2D eigenvalue weighted by atomic mass is 79.9. The second-order valence-corrected chi connectivity index (χ2v) is 7.57. The number of amides is 1. The minimum atomic E-state index is -0.643. The number of hydrogen-bond acceptors (Lipinski definition) is 4. The first-order valence-corrected chi connectivity index (χ1v) is 10.6. The Hall–Kier alpha value is -2.90. The summed E-state index contributed by atoms with van der Waals surface area (Å²) >= 11 is 9.66. The fraction of sp³-hybridized carbons (Fsp3) is 0.130. The Bertz CT molecular complexity index is 1110. The quantitative estimate of drug-likeness (QED) is 0.302. The summed E-state index contributed by atoms with van der Waals surface area (Å²) in [5.74, 6) is -0.217. The van der Waals surface area contributed by atoms with Crippen LogP contribution in [0.1, 0.15) is 28.4 Å². The average Bonchev–Trinajstić information content (AvgIpc) is 2.76. The molecule has 0 radical (unpaired) electrons. The summed E-state index contributed by atoms with van der Waals surface area (Å²) in [7, 11) is 0. The molecule has 0 heterocycles. The van der Waals surface area contributed by atoms with Crippen LogP contribution in [0.15, 0.2) is 70.2 Å². The number of nitrogens with zero attached hydrogens (tertiary/aromatic N) is 1. The normalized spacial score (nSPS) is 10.8. The second kappa shape index (κ2) is 10.9. The van der Waals surface area contributed by atoms with Crippen LogP contribution in [-0.4, -0.2) is 18.7 Å². The van der Waals surface area contributed by atoms with Crippen molar-refractivity contribution in [1.82, 2.24) is 5.43 Å². The van der Waals surface area contributed by atoms with Crippen molar-refractivity contribution in [3.05, 3.63) is 92.7 Å². The first-order valence-electron chi connectivity index (χ1n) is 9.40. The van der Waals surface area contributed by atoms with E-state index in [4.69, 9.17) is 21.1 Å². The molecule has 8 heteroatoms. The van der Waals surface area contributed by atoms with Crippen molar-refractivity contribution in [2.45, 2.75) is 13.5 Å². The molecule has 0 aliphatic heterocycles. The van der Waals surface area contributed by atoms with Gasteiger partial charge < -0.3 is 9.47 Å². The van der Waals surface area contributed by atoms with Gasteiger partial charge in [-0.05, 0) is 53.2 Å². The van der Waals surface area contributed by atoms with Gasteiger partial charge in [-0.1, -0.05) is 41.9 Å². The summed E-state index contributed by atoms with van der Waals surface area (Å²) in [5.41, 5.74) is 3.72. The van der Waals surface area contributed by atoms with Crippen LogP contribution in [0, 0.1) is 5.82 Å². The van der Waals surface area contributed by atoms with Crippen molar-refractivity contribution in [1.29, 1.82) is 0 Å². The highest BCUT2D eigenvalue weighted by Gasteiger charge is 2.12. The number of rotatable bonds is 8. The summed E-state index contributed by atoms with van der Waals surface area (Å²) in [6.07, 6.45) is 1.43. The number of ether oxygens (including phenoxy) is 2. The molecule has 3 aromatic rings. The van der Waals surface area contributed by atoms with E-state index in [-0.39, 0.29) is 12.2 Å². The van der Waals surface area contributed by atoms with Crippen LogP contribution in [0.3, 0.4) is 0 Å². The molecule has 3 rings (SSSR count). The van der Waals surface area contributed by atoms with Crippen molar-refractivity contribution in [3.8, 4) is 11.5 Å². The molecule has 0 atom stereocenters.